The zero-order valence-electron chi connectivity index (χ0n) is 31.7. The maximum Gasteiger partial charge on any atom is 0.0462 e. The minimum Gasteiger partial charge on any atom is -0.311 e. The maximum atomic E-state index is 2.41. The molecule has 1 aliphatic carbocycles. The van der Waals surface area contributed by atoms with Crippen molar-refractivity contribution in [2.24, 2.45) is 0 Å². The van der Waals surface area contributed by atoms with Crippen LogP contribution in [0.1, 0.15) is 30.5 Å². The van der Waals surface area contributed by atoms with Gasteiger partial charge in [-0.2, -0.15) is 0 Å². The van der Waals surface area contributed by atoms with Gasteiger partial charge in [0.2, 0.25) is 0 Å². The van der Waals surface area contributed by atoms with Crippen LogP contribution in [0.15, 0.2) is 206 Å². The van der Waals surface area contributed by atoms with Crippen molar-refractivity contribution in [3.63, 3.8) is 0 Å². The molecule has 0 heterocycles. The largest absolute Gasteiger partial charge is 0.311 e. The Morgan fingerprint density at radius 3 is 1.38 bits per heavy atom. The van der Waals surface area contributed by atoms with Crippen LogP contribution in [-0.4, -0.2) is 0 Å². The Morgan fingerprint density at radius 2 is 0.768 bits per heavy atom. The predicted molar refractivity (Wildman–Crippen MR) is 240 cm³/mol. The van der Waals surface area contributed by atoms with E-state index in [2.05, 4.69) is 231 Å². The molecule has 9 aromatic carbocycles. The fourth-order valence-electron chi connectivity index (χ4n) is 8.61. The van der Waals surface area contributed by atoms with E-state index in [1.807, 2.05) is 0 Å². The first-order valence-electron chi connectivity index (χ1n) is 19.5. The molecule has 1 aliphatic rings. The van der Waals surface area contributed by atoms with Crippen LogP contribution in [0.3, 0.4) is 0 Å². The summed E-state index contributed by atoms with van der Waals surface area (Å²) in [6.07, 6.45) is 2.41. The molecule has 0 bridgehead atoms. The van der Waals surface area contributed by atoms with Crippen LogP contribution in [0.5, 0.6) is 0 Å². The Bertz CT molecular complexity index is 2880. The summed E-state index contributed by atoms with van der Waals surface area (Å²) < 4.78 is 0. The smallest absolute Gasteiger partial charge is 0.0462 e. The summed E-state index contributed by atoms with van der Waals surface area (Å²) in [7, 11) is 0. The molecular weight excluding hydrogens is 675 g/mol. The van der Waals surface area contributed by atoms with Crippen LogP contribution < -0.4 is 4.90 Å². The summed E-state index contributed by atoms with van der Waals surface area (Å²) in [5.74, 6) is 0. The lowest BCUT2D eigenvalue weighted by molar-refractivity contribution is 0.705. The third-order valence-corrected chi connectivity index (χ3v) is 11.7. The van der Waals surface area contributed by atoms with Crippen molar-refractivity contribution in [1.29, 1.82) is 0 Å². The molecule has 0 atom stereocenters. The Balaban J connectivity index is 0.964. The highest BCUT2D eigenvalue weighted by molar-refractivity contribution is 6.03. The maximum absolute atomic E-state index is 2.41. The monoisotopic (exact) mass is 715 g/mol. The zero-order chi connectivity index (χ0) is 37.6. The molecule has 0 unspecified atom stereocenters. The molecule has 0 saturated carbocycles. The van der Waals surface area contributed by atoms with E-state index >= 15 is 0 Å². The first-order valence-corrected chi connectivity index (χ1v) is 19.5. The molecule has 0 fully saturated rings. The number of hydrogen-bond donors (Lipinski definition) is 0. The molecule has 266 valence electrons. The van der Waals surface area contributed by atoms with Gasteiger partial charge >= 0.3 is 0 Å². The molecule has 0 amide bonds. The van der Waals surface area contributed by atoms with Crippen LogP contribution >= 0.6 is 0 Å². The van der Waals surface area contributed by atoms with Crippen molar-refractivity contribution >= 4 is 50.3 Å². The van der Waals surface area contributed by atoms with Gasteiger partial charge in [0.1, 0.15) is 0 Å². The normalized spacial score (nSPS) is 13.1. The highest BCUT2D eigenvalue weighted by Crippen LogP contribution is 2.49. The third-order valence-electron chi connectivity index (χ3n) is 11.7. The molecule has 1 nitrogen and oxygen atoms in total. The lowest BCUT2D eigenvalue weighted by Crippen LogP contribution is -2.16. The standard InChI is InChI=1S/C55H41N/c1-55(2)53-35-28-44-13-8-9-15-51(44)52(53)37-54(55)45-19-16-40(17-20-45)42-24-31-49(32-25-42)56(48-29-22-41(23-30-48)38-10-4-3-5-11-38)50-33-26-43(27-34-50)47-21-18-39-12-6-7-14-46(39)36-47/h3-37H,1-2H3. The lowest BCUT2D eigenvalue weighted by atomic mass is 9.78. The average molecular weight is 716 g/mol. The van der Waals surface area contributed by atoms with Gasteiger partial charge < -0.3 is 4.90 Å². The van der Waals surface area contributed by atoms with Crippen LogP contribution in [0.2, 0.25) is 0 Å². The molecule has 0 spiro atoms. The van der Waals surface area contributed by atoms with E-state index in [0.29, 0.717) is 0 Å². The van der Waals surface area contributed by atoms with Crippen molar-refractivity contribution in [2.75, 3.05) is 4.90 Å². The molecule has 0 saturated heterocycles. The minimum atomic E-state index is -0.0705. The highest BCUT2D eigenvalue weighted by atomic mass is 15.1. The van der Waals surface area contributed by atoms with Gasteiger partial charge in [0.25, 0.3) is 0 Å². The summed E-state index contributed by atoms with van der Waals surface area (Å²) >= 11 is 0. The molecule has 56 heavy (non-hydrogen) atoms. The fourth-order valence-corrected chi connectivity index (χ4v) is 8.61. The molecular formula is C55H41N. The summed E-state index contributed by atoms with van der Waals surface area (Å²) in [4.78, 5) is 2.35. The molecule has 9 aromatic rings. The lowest BCUT2D eigenvalue weighted by Gasteiger charge is -2.26. The van der Waals surface area contributed by atoms with E-state index in [-0.39, 0.29) is 5.41 Å². The number of nitrogens with zero attached hydrogens (tertiary/aromatic N) is 1. The Hall–Kier alpha value is -6.96. The first-order chi connectivity index (χ1) is 27.5. The van der Waals surface area contributed by atoms with Crippen molar-refractivity contribution in [3.8, 4) is 33.4 Å². The first kappa shape index (κ1) is 33.6. The second kappa shape index (κ2) is 13.7. The second-order valence-electron chi connectivity index (χ2n) is 15.4. The van der Waals surface area contributed by atoms with Gasteiger partial charge in [-0.3, -0.25) is 0 Å². The number of anilines is 3. The predicted octanol–water partition coefficient (Wildman–Crippen LogP) is 15.3. The van der Waals surface area contributed by atoms with Gasteiger partial charge in [-0.25, -0.2) is 0 Å². The van der Waals surface area contributed by atoms with Gasteiger partial charge in [-0.1, -0.05) is 178 Å². The second-order valence-corrected chi connectivity index (χ2v) is 15.4. The number of fused-ring (bicyclic) bond motifs is 4. The molecule has 1 heteroatoms. The number of rotatable bonds is 7. The van der Waals surface area contributed by atoms with E-state index < -0.39 is 0 Å². The van der Waals surface area contributed by atoms with Gasteiger partial charge in [0, 0.05) is 22.5 Å². The number of allylic oxidation sites excluding steroid dienone is 1. The number of hydrogen-bond acceptors (Lipinski definition) is 1. The van der Waals surface area contributed by atoms with E-state index in [1.54, 1.807) is 0 Å². The Labute approximate surface area is 329 Å². The number of benzene rings is 9. The molecule has 0 aliphatic heterocycles. The molecule has 10 rings (SSSR count). The van der Waals surface area contributed by atoms with E-state index in [1.165, 1.54) is 77.2 Å². The highest BCUT2D eigenvalue weighted by Gasteiger charge is 2.34. The SMILES string of the molecule is CC1(C)C(c2ccc(-c3ccc(N(c4ccc(-c5ccccc5)cc4)c4ccc(-c5ccc6ccccc6c5)cc4)cc3)cc2)=Cc2c1ccc1ccccc21. The summed E-state index contributed by atoms with van der Waals surface area (Å²) in [6.45, 7) is 4.70. The average Bonchev–Trinajstić information content (AvgIpc) is 3.54. The van der Waals surface area contributed by atoms with E-state index in [4.69, 9.17) is 0 Å². The van der Waals surface area contributed by atoms with Crippen molar-refractivity contribution in [3.05, 3.63) is 223 Å². The molecule has 0 radical (unpaired) electrons. The van der Waals surface area contributed by atoms with Crippen LogP contribution in [-0.2, 0) is 5.41 Å². The quantitative estimate of drug-likeness (QED) is 0.159. The zero-order valence-corrected chi connectivity index (χ0v) is 31.7. The minimum absolute atomic E-state index is 0.0705. The van der Waals surface area contributed by atoms with Gasteiger partial charge in [0.15, 0.2) is 0 Å². The molecule has 0 N–H and O–H groups in total. The van der Waals surface area contributed by atoms with Crippen LogP contribution in [0.25, 0.3) is 66.6 Å². The van der Waals surface area contributed by atoms with Crippen molar-refractivity contribution < 1.29 is 0 Å². The van der Waals surface area contributed by atoms with Gasteiger partial charge in [-0.15, -0.1) is 0 Å². The van der Waals surface area contributed by atoms with Crippen LogP contribution in [0, 0.1) is 0 Å². The Kier molecular flexibility index (Phi) is 8.23. The summed E-state index contributed by atoms with van der Waals surface area (Å²) in [5.41, 5.74) is 15.9. The fraction of sp³-hybridized carbons (Fsp3) is 0.0545. The topological polar surface area (TPSA) is 3.24 Å². The van der Waals surface area contributed by atoms with E-state index in [9.17, 15) is 0 Å². The van der Waals surface area contributed by atoms with E-state index in [0.717, 1.165) is 17.1 Å². The third kappa shape index (κ3) is 5.99. The summed E-state index contributed by atoms with van der Waals surface area (Å²) in [5, 5.41) is 5.13. The van der Waals surface area contributed by atoms with Gasteiger partial charge in [0.05, 0.1) is 0 Å². The Morgan fingerprint density at radius 1 is 0.339 bits per heavy atom. The summed E-state index contributed by atoms with van der Waals surface area (Å²) in [6, 6.07) is 75.1. The van der Waals surface area contributed by atoms with Crippen molar-refractivity contribution in [2.45, 2.75) is 19.3 Å². The van der Waals surface area contributed by atoms with Crippen molar-refractivity contribution in [1.82, 2.24) is 0 Å². The van der Waals surface area contributed by atoms with Gasteiger partial charge in [-0.05, 0) is 126 Å². The molecule has 0 aromatic heterocycles. The van der Waals surface area contributed by atoms with Crippen LogP contribution in [0.4, 0.5) is 17.1 Å².